The number of nitrogens with zero attached hydrogens (tertiary/aromatic N) is 2. The summed E-state index contributed by atoms with van der Waals surface area (Å²) in [7, 11) is 0. The summed E-state index contributed by atoms with van der Waals surface area (Å²) in [6, 6.07) is 5.74. The Morgan fingerprint density at radius 1 is 1.32 bits per heavy atom. The van der Waals surface area contributed by atoms with E-state index in [-0.39, 0.29) is 10.9 Å². The van der Waals surface area contributed by atoms with Gasteiger partial charge in [-0.15, -0.1) is 0 Å². The Labute approximate surface area is 131 Å². The summed E-state index contributed by atoms with van der Waals surface area (Å²) in [5.74, 6) is -1.21. The van der Waals surface area contributed by atoms with Crippen molar-refractivity contribution in [2.75, 3.05) is 0 Å². The number of carbonyl (C=O) groups is 1. The molecule has 0 saturated heterocycles. The molecule has 1 heterocycles. The Hall–Kier alpha value is -2.21. The largest absolute Gasteiger partial charge is 0.478 e. The SMILES string of the molecule is Cc1nc(OC(C)(C)C(=O)O)cc(-c2ccc(Cl)c(F)c2)n1. The number of benzene rings is 1. The highest BCUT2D eigenvalue weighted by molar-refractivity contribution is 6.30. The van der Waals surface area contributed by atoms with Gasteiger partial charge in [0.15, 0.2) is 0 Å². The van der Waals surface area contributed by atoms with Crippen LogP contribution >= 0.6 is 11.6 Å². The minimum absolute atomic E-state index is 0.0120. The van der Waals surface area contributed by atoms with Gasteiger partial charge in [0.05, 0.1) is 10.7 Å². The van der Waals surface area contributed by atoms with Crippen LogP contribution in [-0.2, 0) is 4.79 Å². The van der Waals surface area contributed by atoms with Crippen LogP contribution in [0, 0.1) is 12.7 Å². The average molecular weight is 325 g/mol. The first-order valence-electron chi connectivity index (χ1n) is 6.42. The molecule has 1 aromatic carbocycles. The van der Waals surface area contributed by atoms with Gasteiger partial charge in [-0.25, -0.2) is 14.2 Å². The summed E-state index contributed by atoms with van der Waals surface area (Å²) in [5, 5.41) is 9.10. The van der Waals surface area contributed by atoms with Crippen molar-refractivity contribution in [1.82, 2.24) is 9.97 Å². The third-order valence-electron chi connectivity index (χ3n) is 2.90. The number of hydrogen-bond donors (Lipinski definition) is 1. The number of rotatable bonds is 4. The number of ether oxygens (including phenoxy) is 1. The van der Waals surface area contributed by atoms with Crippen molar-refractivity contribution in [3.8, 4) is 17.1 Å². The van der Waals surface area contributed by atoms with Crippen LogP contribution in [0.4, 0.5) is 4.39 Å². The smallest absolute Gasteiger partial charge is 0.347 e. The molecule has 0 amide bonds. The van der Waals surface area contributed by atoms with Crippen LogP contribution in [0.25, 0.3) is 11.3 Å². The predicted molar refractivity (Wildman–Crippen MR) is 79.5 cm³/mol. The van der Waals surface area contributed by atoms with E-state index in [1.54, 1.807) is 13.0 Å². The zero-order valence-corrected chi connectivity index (χ0v) is 13.0. The van der Waals surface area contributed by atoms with Crippen LogP contribution in [0.15, 0.2) is 24.3 Å². The van der Waals surface area contributed by atoms with Crippen molar-refractivity contribution in [2.24, 2.45) is 0 Å². The Morgan fingerprint density at radius 2 is 2.00 bits per heavy atom. The normalized spacial score (nSPS) is 11.3. The Bertz CT molecular complexity index is 735. The van der Waals surface area contributed by atoms with Gasteiger partial charge in [0.2, 0.25) is 11.5 Å². The second kappa shape index (κ2) is 5.88. The molecule has 7 heteroatoms. The molecule has 0 bridgehead atoms. The number of aryl methyl sites for hydroxylation is 1. The third kappa shape index (κ3) is 3.51. The van der Waals surface area contributed by atoms with Crippen molar-refractivity contribution in [2.45, 2.75) is 26.4 Å². The molecule has 0 unspecified atom stereocenters. The van der Waals surface area contributed by atoms with E-state index in [1.807, 2.05) is 0 Å². The molecule has 1 N–H and O–H groups in total. The molecule has 116 valence electrons. The monoisotopic (exact) mass is 324 g/mol. The van der Waals surface area contributed by atoms with Gasteiger partial charge in [-0.1, -0.05) is 17.7 Å². The molecule has 0 aliphatic rings. The van der Waals surface area contributed by atoms with Gasteiger partial charge in [0.25, 0.3) is 0 Å². The van der Waals surface area contributed by atoms with E-state index >= 15 is 0 Å². The van der Waals surface area contributed by atoms with Gasteiger partial charge in [-0.2, -0.15) is 4.98 Å². The fraction of sp³-hybridized carbons (Fsp3) is 0.267. The quantitative estimate of drug-likeness (QED) is 0.932. The maximum Gasteiger partial charge on any atom is 0.347 e. The standard InChI is InChI=1S/C15H14ClFN2O3/c1-8-18-12(9-4-5-10(16)11(17)6-9)7-13(19-8)22-15(2,3)14(20)21/h4-7H,1-3H3,(H,20,21). The molecule has 0 aliphatic carbocycles. The molecule has 1 aromatic heterocycles. The molecular formula is C15H14ClFN2O3. The number of hydrogen-bond acceptors (Lipinski definition) is 4. The molecule has 5 nitrogen and oxygen atoms in total. The summed E-state index contributed by atoms with van der Waals surface area (Å²) in [4.78, 5) is 19.4. The second-order valence-electron chi connectivity index (χ2n) is 5.19. The zero-order chi connectivity index (χ0) is 16.5. The van der Waals surface area contributed by atoms with Crippen molar-refractivity contribution in [1.29, 1.82) is 0 Å². The topological polar surface area (TPSA) is 72.3 Å². The first-order valence-corrected chi connectivity index (χ1v) is 6.80. The van der Waals surface area contributed by atoms with Gasteiger partial charge in [-0.3, -0.25) is 0 Å². The number of carboxylic acids is 1. The Balaban J connectivity index is 2.42. The minimum Gasteiger partial charge on any atom is -0.478 e. The predicted octanol–water partition coefficient (Wildman–Crippen LogP) is 3.49. The first kappa shape index (κ1) is 16.2. The van der Waals surface area contributed by atoms with E-state index in [9.17, 15) is 9.18 Å². The maximum absolute atomic E-state index is 13.6. The molecule has 0 fully saturated rings. The number of aliphatic carboxylic acids is 1. The molecular weight excluding hydrogens is 311 g/mol. The van der Waals surface area contributed by atoms with Crippen LogP contribution in [0.1, 0.15) is 19.7 Å². The van der Waals surface area contributed by atoms with Crippen molar-refractivity contribution >= 4 is 17.6 Å². The molecule has 2 rings (SSSR count). The summed E-state index contributed by atoms with van der Waals surface area (Å²) < 4.78 is 18.9. The average Bonchev–Trinajstić information content (AvgIpc) is 2.40. The minimum atomic E-state index is -1.44. The van der Waals surface area contributed by atoms with Crippen LogP contribution < -0.4 is 4.74 Å². The van der Waals surface area contributed by atoms with E-state index in [0.29, 0.717) is 17.1 Å². The summed E-state index contributed by atoms with van der Waals surface area (Å²) in [6.07, 6.45) is 0. The summed E-state index contributed by atoms with van der Waals surface area (Å²) >= 11 is 5.65. The zero-order valence-electron chi connectivity index (χ0n) is 12.2. The lowest BCUT2D eigenvalue weighted by Gasteiger charge is -2.21. The van der Waals surface area contributed by atoms with Crippen LogP contribution in [0.2, 0.25) is 5.02 Å². The lowest BCUT2D eigenvalue weighted by molar-refractivity contribution is -0.152. The molecule has 22 heavy (non-hydrogen) atoms. The lowest BCUT2D eigenvalue weighted by atomic mass is 10.1. The highest BCUT2D eigenvalue weighted by Crippen LogP contribution is 2.26. The molecule has 0 aliphatic heterocycles. The molecule has 0 atom stereocenters. The third-order valence-corrected chi connectivity index (χ3v) is 3.21. The highest BCUT2D eigenvalue weighted by Gasteiger charge is 2.30. The van der Waals surface area contributed by atoms with Crippen molar-refractivity contribution < 1.29 is 19.0 Å². The molecule has 0 spiro atoms. The Morgan fingerprint density at radius 3 is 2.59 bits per heavy atom. The number of carboxylic acid groups (broad SMARTS) is 1. The molecule has 0 saturated carbocycles. The van der Waals surface area contributed by atoms with Gasteiger partial charge in [0, 0.05) is 11.6 Å². The van der Waals surface area contributed by atoms with E-state index < -0.39 is 17.4 Å². The summed E-state index contributed by atoms with van der Waals surface area (Å²) in [6.45, 7) is 4.46. The van der Waals surface area contributed by atoms with E-state index in [1.165, 1.54) is 32.0 Å². The fourth-order valence-electron chi connectivity index (χ4n) is 1.70. The molecule has 0 radical (unpaired) electrons. The van der Waals surface area contributed by atoms with Crippen molar-refractivity contribution in [3.63, 3.8) is 0 Å². The van der Waals surface area contributed by atoms with Gasteiger partial charge in [-0.05, 0) is 32.9 Å². The molecule has 2 aromatic rings. The van der Waals surface area contributed by atoms with E-state index in [4.69, 9.17) is 21.4 Å². The van der Waals surface area contributed by atoms with E-state index in [0.717, 1.165) is 0 Å². The van der Waals surface area contributed by atoms with Gasteiger partial charge < -0.3 is 9.84 Å². The highest BCUT2D eigenvalue weighted by atomic mass is 35.5. The van der Waals surface area contributed by atoms with Crippen LogP contribution in [0.3, 0.4) is 0 Å². The van der Waals surface area contributed by atoms with Gasteiger partial charge >= 0.3 is 5.97 Å². The van der Waals surface area contributed by atoms with Crippen LogP contribution in [0.5, 0.6) is 5.88 Å². The first-order chi connectivity index (χ1) is 10.2. The summed E-state index contributed by atoms with van der Waals surface area (Å²) in [5.41, 5.74) is -0.534. The van der Waals surface area contributed by atoms with Crippen molar-refractivity contribution in [3.05, 3.63) is 40.9 Å². The lowest BCUT2D eigenvalue weighted by Crippen LogP contribution is -2.38. The van der Waals surface area contributed by atoms with Gasteiger partial charge in [0.1, 0.15) is 11.6 Å². The maximum atomic E-state index is 13.6. The number of halogens is 2. The fourth-order valence-corrected chi connectivity index (χ4v) is 1.82. The second-order valence-corrected chi connectivity index (χ2v) is 5.59. The van der Waals surface area contributed by atoms with Crippen LogP contribution in [-0.4, -0.2) is 26.6 Å². The number of aromatic nitrogens is 2. The Kier molecular flexibility index (Phi) is 4.32. The van der Waals surface area contributed by atoms with E-state index in [2.05, 4.69) is 9.97 Å².